The molecule has 12 heteroatoms. The van der Waals surface area contributed by atoms with Crippen LogP contribution in [0.1, 0.15) is 27.8 Å². The fourth-order valence-electron chi connectivity index (χ4n) is 2.72. The van der Waals surface area contributed by atoms with E-state index in [0.29, 0.717) is 14.6 Å². The number of hydrogen-bond acceptors (Lipinski definition) is 5. The molecular formula is C20H17BrCl2N6O3. The third-order valence-electron chi connectivity index (χ3n) is 4.51. The Morgan fingerprint density at radius 3 is 2.47 bits per heavy atom. The van der Waals surface area contributed by atoms with Crippen molar-refractivity contribution >= 4 is 62.5 Å². The number of nitrogens with one attached hydrogen (secondary N) is 1. The summed E-state index contributed by atoms with van der Waals surface area (Å²) in [5.74, 6) is -1.18. The molecule has 0 bridgehead atoms. The van der Waals surface area contributed by atoms with E-state index in [4.69, 9.17) is 23.2 Å². The summed E-state index contributed by atoms with van der Waals surface area (Å²) in [6.45, 7) is 1.33. The Morgan fingerprint density at radius 2 is 1.81 bits per heavy atom. The first-order chi connectivity index (χ1) is 15.1. The van der Waals surface area contributed by atoms with E-state index in [1.807, 2.05) is 0 Å². The van der Waals surface area contributed by atoms with Crippen LogP contribution in [-0.2, 0) is 4.79 Å². The van der Waals surface area contributed by atoms with Crippen molar-refractivity contribution in [2.45, 2.75) is 6.92 Å². The molecule has 1 aromatic carbocycles. The van der Waals surface area contributed by atoms with Crippen molar-refractivity contribution in [3.05, 3.63) is 68.5 Å². The second-order valence-corrected chi connectivity index (χ2v) is 8.24. The molecule has 9 nitrogen and oxygen atoms in total. The summed E-state index contributed by atoms with van der Waals surface area (Å²) in [6.07, 6.45) is 1.52. The van der Waals surface area contributed by atoms with E-state index in [9.17, 15) is 14.4 Å². The van der Waals surface area contributed by atoms with Crippen LogP contribution in [0, 0.1) is 0 Å². The van der Waals surface area contributed by atoms with Crippen molar-refractivity contribution < 1.29 is 14.4 Å². The fourth-order valence-corrected chi connectivity index (χ4v) is 3.47. The molecule has 2 aromatic heterocycles. The molecule has 166 valence electrons. The van der Waals surface area contributed by atoms with Gasteiger partial charge in [-0.1, -0.05) is 23.2 Å². The third kappa shape index (κ3) is 4.93. The zero-order valence-electron chi connectivity index (χ0n) is 17.1. The van der Waals surface area contributed by atoms with Gasteiger partial charge < -0.3 is 5.32 Å². The minimum absolute atomic E-state index is 0.0995. The molecule has 1 N–H and O–H groups in total. The monoisotopic (exact) mass is 538 g/mol. The molecule has 0 saturated carbocycles. The van der Waals surface area contributed by atoms with Crippen molar-refractivity contribution in [3.8, 4) is 5.82 Å². The summed E-state index contributed by atoms with van der Waals surface area (Å²) in [7, 11) is 2.89. The summed E-state index contributed by atoms with van der Waals surface area (Å²) in [6, 6.07) is 9.22. The first kappa shape index (κ1) is 23.7. The van der Waals surface area contributed by atoms with Gasteiger partial charge in [-0.3, -0.25) is 24.4 Å². The molecule has 3 rings (SSSR count). The number of anilines is 1. The number of aromatic nitrogens is 3. The second-order valence-electron chi connectivity index (χ2n) is 6.59. The van der Waals surface area contributed by atoms with Gasteiger partial charge in [-0.15, -0.1) is 0 Å². The molecule has 0 atom stereocenters. The first-order valence-corrected chi connectivity index (χ1v) is 10.6. The molecular weight excluding hydrogens is 523 g/mol. The number of hydrazine groups is 1. The Morgan fingerprint density at radius 1 is 1.09 bits per heavy atom. The predicted molar refractivity (Wildman–Crippen MR) is 124 cm³/mol. The van der Waals surface area contributed by atoms with E-state index < -0.39 is 11.8 Å². The van der Waals surface area contributed by atoms with E-state index in [1.54, 1.807) is 12.1 Å². The van der Waals surface area contributed by atoms with Gasteiger partial charge in [-0.2, -0.15) is 5.10 Å². The third-order valence-corrected chi connectivity index (χ3v) is 5.43. The van der Waals surface area contributed by atoms with Crippen LogP contribution in [0.3, 0.4) is 0 Å². The van der Waals surface area contributed by atoms with Gasteiger partial charge in [0.25, 0.3) is 11.8 Å². The van der Waals surface area contributed by atoms with Crippen molar-refractivity contribution in [2.75, 3.05) is 19.4 Å². The SMILES string of the molecule is CC(=O)N(C)N(C)C(=O)c1cc(Cl)ccc1NC(=O)c1cc(Br)nn1-c1ncccc1Cl. The maximum absolute atomic E-state index is 13.1. The highest BCUT2D eigenvalue weighted by atomic mass is 79.9. The predicted octanol–water partition coefficient (Wildman–Crippen LogP) is 4.05. The number of hydrogen-bond donors (Lipinski definition) is 1. The maximum Gasteiger partial charge on any atom is 0.274 e. The maximum atomic E-state index is 13.1. The molecule has 0 spiro atoms. The molecule has 0 unspecified atom stereocenters. The van der Waals surface area contributed by atoms with E-state index in [2.05, 4.69) is 31.3 Å². The summed E-state index contributed by atoms with van der Waals surface area (Å²) in [4.78, 5) is 41.9. The number of nitrogens with zero attached hydrogens (tertiary/aromatic N) is 5. The summed E-state index contributed by atoms with van der Waals surface area (Å²) in [5.41, 5.74) is 0.423. The van der Waals surface area contributed by atoms with Crippen LogP contribution in [-0.4, -0.2) is 56.6 Å². The van der Waals surface area contributed by atoms with Crippen molar-refractivity contribution in [2.24, 2.45) is 0 Å². The van der Waals surface area contributed by atoms with Crippen molar-refractivity contribution in [1.82, 2.24) is 24.8 Å². The molecule has 0 aliphatic carbocycles. The van der Waals surface area contributed by atoms with Crippen molar-refractivity contribution in [1.29, 1.82) is 0 Å². The quantitative estimate of drug-likeness (QED) is 0.504. The standard InChI is InChI=1S/C20H17BrCl2N6O3/c1-11(30)27(2)28(3)20(32)13-9-12(22)6-7-15(13)25-19(31)16-10-17(21)26-29(16)18-14(23)5-4-8-24-18/h4-10H,1-3H3,(H,25,31). The number of carbonyl (C=O) groups excluding carboxylic acids is 3. The minimum atomic E-state index is -0.566. The van der Waals surface area contributed by atoms with Crippen LogP contribution in [0.15, 0.2) is 47.2 Å². The number of halogens is 3. The van der Waals surface area contributed by atoms with Gasteiger partial charge in [0.1, 0.15) is 10.3 Å². The summed E-state index contributed by atoms with van der Waals surface area (Å²) < 4.78 is 1.68. The largest absolute Gasteiger partial charge is 0.320 e. The zero-order chi connectivity index (χ0) is 23.6. The Bertz CT molecular complexity index is 1220. The van der Waals surface area contributed by atoms with Gasteiger partial charge in [0.15, 0.2) is 5.82 Å². The van der Waals surface area contributed by atoms with Gasteiger partial charge in [0.2, 0.25) is 5.91 Å². The Labute approximate surface area is 202 Å². The molecule has 0 radical (unpaired) electrons. The van der Waals surface area contributed by atoms with Crippen LogP contribution in [0.2, 0.25) is 10.0 Å². The van der Waals surface area contributed by atoms with E-state index in [0.717, 1.165) is 10.0 Å². The van der Waals surface area contributed by atoms with E-state index >= 15 is 0 Å². The number of benzene rings is 1. The Balaban J connectivity index is 1.98. The minimum Gasteiger partial charge on any atom is -0.320 e. The highest BCUT2D eigenvalue weighted by Gasteiger charge is 2.24. The fraction of sp³-hybridized carbons (Fsp3) is 0.150. The number of amides is 3. The van der Waals surface area contributed by atoms with Gasteiger partial charge in [-0.05, 0) is 46.3 Å². The smallest absolute Gasteiger partial charge is 0.274 e. The van der Waals surface area contributed by atoms with Gasteiger partial charge in [0, 0.05) is 38.3 Å². The lowest BCUT2D eigenvalue weighted by molar-refractivity contribution is -0.137. The molecule has 0 aliphatic heterocycles. The molecule has 0 fully saturated rings. The summed E-state index contributed by atoms with van der Waals surface area (Å²) in [5, 5.41) is 9.79. The molecule has 32 heavy (non-hydrogen) atoms. The van der Waals surface area contributed by atoms with Gasteiger partial charge in [-0.25, -0.2) is 9.67 Å². The van der Waals surface area contributed by atoms with Crippen LogP contribution < -0.4 is 5.32 Å². The topological polar surface area (TPSA) is 100 Å². The zero-order valence-corrected chi connectivity index (χ0v) is 20.2. The van der Waals surface area contributed by atoms with Gasteiger partial charge >= 0.3 is 0 Å². The lowest BCUT2D eigenvalue weighted by atomic mass is 10.1. The highest BCUT2D eigenvalue weighted by molar-refractivity contribution is 9.10. The second kappa shape index (κ2) is 9.68. The van der Waals surface area contributed by atoms with E-state index in [-0.39, 0.29) is 28.7 Å². The normalized spacial score (nSPS) is 10.6. The Hall–Kier alpha value is -2.95. The molecule has 3 amide bonds. The number of pyridine rings is 1. The molecule has 3 aromatic rings. The van der Waals surface area contributed by atoms with Crippen LogP contribution >= 0.6 is 39.1 Å². The lowest BCUT2D eigenvalue weighted by Gasteiger charge is -2.28. The number of rotatable bonds is 4. The van der Waals surface area contributed by atoms with Gasteiger partial charge in [0.05, 0.1) is 16.3 Å². The number of carbonyl (C=O) groups is 3. The van der Waals surface area contributed by atoms with Crippen LogP contribution in [0.5, 0.6) is 0 Å². The lowest BCUT2D eigenvalue weighted by Crippen LogP contribution is -2.44. The van der Waals surface area contributed by atoms with Crippen LogP contribution in [0.25, 0.3) is 5.82 Å². The first-order valence-electron chi connectivity index (χ1n) is 9.09. The molecule has 2 heterocycles. The summed E-state index contributed by atoms with van der Waals surface area (Å²) >= 11 is 15.5. The average molecular weight is 540 g/mol. The molecule has 0 saturated heterocycles. The Kier molecular flexibility index (Phi) is 7.17. The van der Waals surface area contributed by atoms with E-state index in [1.165, 1.54) is 56.2 Å². The molecule has 0 aliphatic rings. The van der Waals surface area contributed by atoms with Crippen LogP contribution in [0.4, 0.5) is 5.69 Å². The van der Waals surface area contributed by atoms with Crippen molar-refractivity contribution in [3.63, 3.8) is 0 Å². The average Bonchev–Trinajstić information content (AvgIpc) is 3.15. The highest BCUT2D eigenvalue weighted by Crippen LogP contribution is 2.25.